The first-order chi connectivity index (χ1) is 7.33. The molecule has 2 aromatic rings. The number of hydrogen-bond donors (Lipinski definition) is 1. The third kappa shape index (κ3) is 1.96. The number of rotatable bonds is 4. The lowest BCUT2D eigenvalue weighted by molar-refractivity contribution is 0.822. The minimum Gasteiger partial charge on any atom is -0.358 e. The van der Waals surface area contributed by atoms with Crippen LogP contribution in [0.25, 0.3) is 10.9 Å². The Kier molecular flexibility index (Phi) is 2.91. The molecule has 1 N–H and O–H groups in total. The van der Waals surface area contributed by atoms with Gasteiger partial charge in [0.15, 0.2) is 0 Å². The van der Waals surface area contributed by atoms with E-state index in [0.29, 0.717) is 0 Å². The predicted molar refractivity (Wildman–Crippen MR) is 66.2 cm³/mol. The van der Waals surface area contributed by atoms with Gasteiger partial charge in [0.05, 0.1) is 0 Å². The molecule has 15 heavy (non-hydrogen) atoms. The average molecular weight is 199 g/mol. The molecular formula is C14H17N. The third-order valence-electron chi connectivity index (χ3n) is 2.90. The number of H-pyrrole nitrogens is 1. The van der Waals surface area contributed by atoms with Gasteiger partial charge in [0.2, 0.25) is 0 Å². The second-order valence-electron chi connectivity index (χ2n) is 3.96. The molecule has 0 amide bonds. The Bertz CT molecular complexity index is 465. The Balaban J connectivity index is 2.27. The van der Waals surface area contributed by atoms with Gasteiger partial charge in [0.1, 0.15) is 0 Å². The molecule has 1 aromatic heterocycles. The van der Waals surface area contributed by atoms with Crippen LogP contribution in [0.15, 0.2) is 36.9 Å². The summed E-state index contributed by atoms with van der Waals surface area (Å²) in [5.74, 6) is 0. The molecule has 0 radical (unpaired) electrons. The zero-order chi connectivity index (χ0) is 10.7. The SMILES string of the molecule is C=CCCCc1[nH]c2ccccc2c1C. The Morgan fingerprint density at radius 1 is 1.33 bits per heavy atom. The summed E-state index contributed by atoms with van der Waals surface area (Å²) in [7, 11) is 0. The number of aryl methyl sites for hydroxylation is 2. The van der Waals surface area contributed by atoms with Crippen LogP contribution < -0.4 is 0 Å². The quantitative estimate of drug-likeness (QED) is 0.566. The van der Waals surface area contributed by atoms with Crippen molar-refractivity contribution < 1.29 is 0 Å². The number of unbranched alkanes of at least 4 members (excludes halogenated alkanes) is 1. The predicted octanol–water partition coefficient (Wildman–Crippen LogP) is 3.99. The monoisotopic (exact) mass is 199 g/mol. The van der Waals surface area contributed by atoms with Gasteiger partial charge < -0.3 is 4.98 Å². The molecule has 0 saturated heterocycles. The van der Waals surface area contributed by atoms with E-state index < -0.39 is 0 Å². The molecule has 0 aliphatic rings. The minimum absolute atomic E-state index is 1.09. The molecule has 2 rings (SSSR count). The Hall–Kier alpha value is -1.50. The highest BCUT2D eigenvalue weighted by Crippen LogP contribution is 2.22. The summed E-state index contributed by atoms with van der Waals surface area (Å²) >= 11 is 0. The molecule has 1 heterocycles. The van der Waals surface area contributed by atoms with E-state index in [1.165, 1.54) is 28.6 Å². The summed E-state index contributed by atoms with van der Waals surface area (Å²) in [5, 5.41) is 1.35. The Morgan fingerprint density at radius 2 is 2.13 bits per heavy atom. The standard InChI is InChI=1S/C14H17N/c1-3-4-5-9-13-11(2)12-8-6-7-10-14(12)15-13/h3,6-8,10,15H,1,4-5,9H2,2H3. The summed E-state index contributed by atoms with van der Waals surface area (Å²) in [5.41, 5.74) is 4.02. The van der Waals surface area contributed by atoms with Crippen molar-refractivity contribution in [3.05, 3.63) is 48.2 Å². The zero-order valence-corrected chi connectivity index (χ0v) is 9.22. The van der Waals surface area contributed by atoms with Crippen LogP contribution in [-0.4, -0.2) is 4.98 Å². The lowest BCUT2D eigenvalue weighted by Gasteiger charge is -1.97. The molecule has 1 aromatic carbocycles. The number of aromatic nitrogens is 1. The number of fused-ring (bicyclic) bond motifs is 1. The molecule has 0 saturated carbocycles. The van der Waals surface area contributed by atoms with Crippen molar-refractivity contribution in [1.29, 1.82) is 0 Å². The van der Waals surface area contributed by atoms with Crippen LogP contribution in [0, 0.1) is 6.92 Å². The van der Waals surface area contributed by atoms with Crippen LogP contribution in [-0.2, 0) is 6.42 Å². The van der Waals surface area contributed by atoms with E-state index in [1.807, 2.05) is 6.08 Å². The van der Waals surface area contributed by atoms with Crippen LogP contribution in [0.1, 0.15) is 24.1 Å². The van der Waals surface area contributed by atoms with Gasteiger partial charge >= 0.3 is 0 Å². The summed E-state index contributed by atoms with van der Waals surface area (Å²) in [6, 6.07) is 8.49. The maximum atomic E-state index is 3.75. The fourth-order valence-corrected chi connectivity index (χ4v) is 2.01. The first-order valence-electron chi connectivity index (χ1n) is 5.50. The summed E-state index contributed by atoms with van der Waals surface area (Å²) in [6.07, 6.45) is 5.37. The molecule has 0 atom stereocenters. The van der Waals surface area contributed by atoms with E-state index in [9.17, 15) is 0 Å². The summed E-state index contributed by atoms with van der Waals surface area (Å²) < 4.78 is 0. The minimum atomic E-state index is 1.09. The van der Waals surface area contributed by atoms with Crippen LogP contribution in [0.2, 0.25) is 0 Å². The molecule has 0 fully saturated rings. The van der Waals surface area contributed by atoms with Gasteiger partial charge in [-0.15, -0.1) is 6.58 Å². The first kappa shape index (κ1) is 10.0. The van der Waals surface area contributed by atoms with Gasteiger partial charge in [0.25, 0.3) is 0 Å². The number of allylic oxidation sites excluding steroid dienone is 1. The number of para-hydroxylation sites is 1. The Labute approximate surface area is 90.8 Å². The third-order valence-corrected chi connectivity index (χ3v) is 2.90. The van der Waals surface area contributed by atoms with Crippen molar-refractivity contribution in [2.75, 3.05) is 0 Å². The maximum absolute atomic E-state index is 3.75. The number of aromatic amines is 1. The lowest BCUT2D eigenvalue weighted by Crippen LogP contribution is -1.87. The largest absolute Gasteiger partial charge is 0.358 e. The highest BCUT2D eigenvalue weighted by atomic mass is 14.7. The maximum Gasteiger partial charge on any atom is 0.0458 e. The van der Waals surface area contributed by atoms with Crippen LogP contribution >= 0.6 is 0 Å². The van der Waals surface area contributed by atoms with Crippen LogP contribution in [0.3, 0.4) is 0 Å². The molecule has 78 valence electrons. The molecule has 0 spiro atoms. The fourth-order valence-electron chi connectivity index (χ4n) is 2.01. The first-order valence-corrected chi connectivity index (χ1v) is 5.50. The van der Waals surface area contributed by atoms with E-state index in [-0.39, 0.29) is 0 Å². The number of benzene rings is 1. The van der Waals surface area contributed by atoms with E-state index in [2.05, 4.69) is 42.8 Å². The molecule has 0 aliphatic carbocycles. The number of hydrogen-bond acceptors (Lipinski definition) is 0. The lowest BCUT2D eigenvalue weighted by atomic mass is 10.1. The van der Waals surface area contributed by atoms with Crippen LogP contribution in [0.5, 0.6) is 0 Å². The van der Waals surface area contributed by atoms with Crippen LogP contribution in [0.4, 0.5) is 0 Å². The van der Waals surface area contributed by atoms with Crippen molar-refractivity contribution >= 4 is 10.9 Å². The van der Waals surface area contributed by atoms with Gasteiger partial charge in [-0.3, -0.25) is 0 Å². The normalized spacial score (nSPS) is 10.7. The van der Waals surface area contributed by atoms with E-state index in [1.54, 1.807) is 0 Å². The molecular weight excluding hydrogens is 182 g/mol. The van der Waals surface area contributed by atoms with Crippen molar-refractivity contribution in [2.24, 2.45) is 0 Å². The molecule has 1 nitrogen and oxygen atoms in total. The highest BCUT2D eigenvalue weighted by molar-refractivity contribution is 5.84. The van der Waals surface area contributed by atoms with Gasteiger partial charge in [0, 0.05) is 16.6 Å². The van der Waals surface area contributed by atoms with E-state index >= 15 is 0 Å². The molecule has 0 bridgehead atoms. The smallest absolute Gasteiger partial charge is 0.0458 e. The van der Waals surface area contributed by atoms with E-state index in [0.717, 1.165) is 12.8 Å². The van der Waals surface area contributed by atoms with E-state index in [4.69, 9.17) is 0 Å². The van der Waals surface area contributed by atoms with Crippen molar-refractivity contribution in [3.8, 4) is 0 Å². The highest BCUT2D eigenvalue weighted by Gasteiger charge is 2.05. The van der Waals surface area contributed by atoms with Crippen molar-refractivity contribution in [1.82, 2.24) is 4.98 Å². The second-order valence-corrected chi connectivity index (χ2v) is 3.96. The van der Waals surface area contributed by atoms with Crippen molar-refractivity contribution in [3.63, 3.8) is 0 Å². The number of nitrogens with one attached hydrogen (secondary N) is 1. The van der Waals surface area contributed by atoms with Gasteiger partial charge in [-0.1, -0.05) is 24.3 Å². The van der Waals surface area contributed by atoms with Gasteiger partial charge in [-0.2, -0.15) is 0 Å². The topological polar surface area (TPSA) is 15.8 Å². The summed E-state index contributed by atoms with van der Waals surface area (Å²) in [4.78, 5) is 3.49. The molecule has 1 heteroatoms. The molecule has 0 aliphatic heterocycles. The van der Waals surface area contributed by atoms with Gasteiger partial charge in [-0.05, 0) is 37.8 Å². The fraction of sp³-hybridized carbons (Fsp3) is 0.286. The molecule has 0 unspecified atom stereocenters. The second kappa shape index (κ2) is 4.35. The summed E-state index contributed by atoms with van der Waals surface area (Å²) in [6.45, 7) is 5.94. The Morgan fingerprint density at radius 3 is 2.87 bits per heavy atom. The average Bonchev–Trinajstić information content (AvgIpc) is 2.57. The zero-order valence-electron chi connectivity index (χ0n) is 9.22. The van der Waals surface area contributed by atoms with Gasteiger partial charge in [-0.25, -0.2) is 0 Å². The van der Waals surface area contributed by atoms with Crippen molar-refractivity contribution in [2.45, 2.75) is 26.2 Å².